The summed E-state index contributed by atoms with van der Waals surface area (Å²) < 4.78 is 77.5. The van der Waals surface area contributed by atoms with Crippen molar-refractivity contribution < 1.29 is 45.8 Å². The molecule has 9 rings (SSSR count). The van der Waals surface area contributed by atoms with Crippen LogP contribution < -0.4 is 0 Å². The Balaban J connectivity index is 0.000000675. The molecule has 118 heavy (non-hydrogen) atoms. The van der Waals surface area contributed by atoms with Gasteiger partial charge in [0.1, 0.15) is 25.4 Å². The molecule has 0 N–H and O–H groups in total. The number of hydrogen-bond donors (Lipinski definition) is 0. The van der Waals surface area contributed by atoms with Gasteiger partial charge in [-0.05, 0) is 236 Å². The molecule has 0 radical (unpaired) electrons. The lowest BCUT2D eigenvalue weighted by Gasteiger charge is -2.44. The highest BCUT2D eigenvalue weighted by Crippen LogP contribution is 2.45. The Bertz CT molecular complexity index is 2780. The highest BCUT2D eigenvalue weighted by molar-refractivity contribution is 5.79. The molecule has 9 fully saturated rings. The molecule has 7 unspecified atom stereocenters. The number of halogens is 5. The summed E-state index contributed by atoms with van der Waals surface area (Å²) in [5.74, 6) is 1.04. The van der Waals surface area contributed by atoms with Crippen molar-refractivity contribution in [3.05, 3.63) is 0 Å². The van der Waals surface area contributed by atoms with E-state index in [2.05, 4.69) is 153 Å². The Morgan fingerprint density at radius 3 is 1.29 bits per heavy atom. The molecule has 9 atom stereocenters. The minimum Gasteiger partial charge on any atom is -0.380 e. The molecule has 9 aliphatic rings. The smallest absolute Gasteiger partial charge is 0.319 e. The van der Waals surface area contributed by atoms with Gasteiger partial charge in [-0.25, -0.2) is 26.7 Å². The second kappa shape index (κ2) is 53.8. The maximum Gasteiger partial charge on any atom is 0.319 e. The molecule has 9 saturated heterocycles. The molecular weight excluding hydrogens is 1500 g/mol. The lowest BCUT2D eigenvalue weighted by Crippen LogP contribution is -2.52. The first-order valence-corrected chi connectivity index (χ1v) is 46.5. The number of hydrogen-bond acceptors (Lipinski definition) is 13. The molecule has 17 nitrogen and oxygen atoms in total. The number of ether oxygens (including phenoxy) is 2. The average molecular weight is 1680 g/mol. The molecular formula is C96H185F5N12O5. The highest BCUT2D eigenvalue weighted by atomic mass is 19.3. The third-order valence-corrected chi connectivity index (χ3v) is 27.0. The Kier molecular flexibility index (Phi) is 51.3. The van der Waals surface area contributed by atoms with Crippen LogP contribution >= 0.6 is 0 Å². The van der Waals surface area contributed by atoms with Gasteiger partial charge in [-0.15, -0.1) is 0 Å². The van der Waals surface area contributed by atoms with Gasteiger partial charge in [-0.3, -0.25) is 24.3 Å². The first kappa shape index (κ1) is 113. The summed E-state index contributed by atoms with van der Waals surface area (Å²) in [7, 11) is 9.45. The molecule has 22 heteroatoms. The van der Waals surface area contributed by atoms with Crippen LogP contribution in [0, 0.1) is 108 Å². The summed E-state index contributed by atoms with van der Waals surface area (Å²) in [6, 6.07) is 4.21. The van der Waals surface area contributed by atoms with E-state index in [0.29, 0.717) is 109 Å². The molecule has 0 saturated carbocycles. The Morgan fingerprint density at radius 2 is 0.881 bits per heavy atom. The standard InChI is InChI=1S/C16H30N2O.C13H24N2O.C12H19FN2O.C12H24N2O.C11H21F2N.C11H22FN.C11H23NO.C8H16FN.C2H6/c1-16(2,3)14-7-11-17(12-8-14)13-15(19)18-9-5-4-6-10-18;1-13(2,3)11-6-9-15(8-5-7-14)10-12(11)16-4;1-12(2,3)9-8-15(7-5-10(9)13)11(16)4-6-14;1-12(2,3)10-6-8-14(9-7-10)11(15)13(4)5;1-5-14-7-6-9(10(2,3)4)11(12,13)8-14;1-11(2,3)10-4-7-13(8-5-10)9-6-12;1-11(2,3)9-6-7-12(4)8-10(9)13-5;1-3-10-5-4-7(2)8(9)6-10;1-2/h14H,4-13H2,1-3H3;11-12H,5-6,8-10H2,1-4H3;9-10H,4-5,7-8H2,1-3H3;10H,6-9H2,1-5H3;9H,5-8H2,1-4H3;10H,4-9H2,1-3H3;9-10H,6-8H2,1-5H3;7-8H,3-6H2,1-2H3;1-2H3/t;;;;;;;7-,8+;/m.......1./s1. The molecule has 0 aromatic heterocycles. The van der Waals surface area contributed by atoms with Crippen molar-refractivity contribution in [1.82, 2.24) is 49.0 Å². The monoisotopic (exact) mass is 1680 g/mol. The number of carbonyl (C=O) groups excluding carboxylic acids is 3. The zero-order chi connectivity index (χ0) is 90.5. The molecule has 0 bridgehead atoms. The number of nitrogens with zero attached hydrogens (tertiary/aromatic N) is 12. The largest absolute Gasteiger partial charge is 0.380 e. The maximum absolute atomic E-state index is 13.8. The number of urea groups is 1. The molecule has 694 valence electrons. The SMILES string of the molecule is CC.CC(C)(C)C1CCN(CC(=O)N2CCCCC2)CC1.CC(C)(C)C1CCN(CCF)CC1.CC(C)(C)C1CN(C(=O)CC#N)CCC1F.CCN1CCC(C(C)(C)C)C(F)(F)C1.CCN1CC[C@@H](C)[C@@H](F)C1.CN(C)C(=O)N1CCC(C(C)(C)C)CC1.COC1CN(C)CCC1C(C)(C)C.COC1CN(CCC#N)CCC1C(C)(C)C. The third kappa shape index (κ3) is 42.0. The zero-order valence-corrected chi connectivity index (χ0v) is 82.0. The average Bonchev–Trinajstić information content (AvgIpc) is 0.797. The molecule has 0 aromatic carbocycles. The van der Waals surface area contributed by atoms with Crippen LogP contribution in [-0.2, 0) is 19.1 Å². The van der Waals surface area contributed by atoms with Crippen LogP contribution in [0.2, 0.25) is 0 Å². The number of amides is 4. The molecule has 9 heterocycles. The number of likely N-dealkylation sites (tertiary alicyclic amines) is 9. The summed E-state index contributed by atoms with van der Waals surface area (Å²) in [5, 5.41) is 17.1. The van der Waals surface area contributed by atoms with E-state index in [9.17, 15) is 36.3 Å². The predicted molar refractivity (Wildman–Crippen MR) is 483 cm³/mol. The van der Waals surface area contributed by atoms with Gasteiger partial charge in [0.25, 0.3) is 5.92 Å². The van der Waals surface area contributed by atoms with Crippen LogP contribution in [0.4, 0.5) is 26.7 Å². The first-order valence-electron chi connectivity index (χ1n) is 46.5. The van der Waals surface area contributed by atoms with E-state index in [1.165, 1.54) is 64.3 Å². The van der Waals surface area contributed by atoms with E-state index >= 15 is 0 Å². The lowest BCUT2D eigenvalue weighted by molar-refractivity contribution is -0.142. The van der Waals surface area contributed by atoms with Gasteiger partial charge in [0, 0.05) is 119 Å². The van der Waals surface area contributed by atoms with E-state index in [4.69, 9.17) is 20.0 Å². The first-order chi connectivity index (χ1) is 54.6. The van der Waals surface area contributed by atoms with Crippen LogP contribution in [0.3, 0.4) is 0 Å². The second-order valence-corrected chi connectivity index (χ2v) is 43.3. The van der Waals surface area contributed by atoms with E-state index in [-0.39, 0.29) is 54.2 Å². The molecule has 0 aromatic rings. The van der Waals surface area contributed by atoms with Gasteiger partial charge in [-0.1, -0.05) is 180 Å². The minimum atomic E-state index is -2.52. The summed E-state index contributed by atoms with van der Waals surface area (Å²) in [4.78, 5) is 56.1. The topological polar surface area (TPSA) is 150 Å². The van der Waals surface area contributed by atoms with Gasteiger partial charge in [-0.2, -0.15) is 10.5 Å². The summed E-state index contributed by atoms with van der Waals surface area (Å²) in [5.41, 5.74) is 1.48. The van der Waals surface area contributed by atoms with E-state index in [0.717, 1.165) is 142 Å². The van der Waals surface area contributed by atoms with Gasteiger partial charge in [0.05, 0.1) is 37.4 Å². The Morgan fingerprint density at radius 1 is 0.449 bits per heavy atom. The molecule has 0 spiro atoms. The number of likely N-dealkylation sites (N-methyl/N-ethyl adjacent to an activating group) is 1. The van der Waals surface area contributed by atoms with Crippen LogP contribution in [0.5, 0.6) is 0 Å². The van der Waals surface area contributed by atoms with E-state index in [1.54, 1.807) is 16.9 Å². The van der Waals surface area contributed by atoms with Crippen molar-refractivity contribution in [3.63, 3.8) is 0 Å². The van der Waals surface area contributed by atoms with Crippen molar-refractivity contribution in [1.29, 1.82) is 10.5 Å². The highest BCUT2D eigenvalue weighted by Gasteiger charge is 2.50. The Labute approximate surface area is 722 Å². The number of nitriles is 2. The predicted octanol–water partition coefficient (Wildman–Crippen LogP) is 20.0. The number of piperidine rings is 9. The number of alkyl halides is 5. The Hall–Kier alpha value is -3.48. The summed E-state index contributed by atoms with van der Waals surface area (Å²) >= 11 is 0. The fourth-order valence-electron chi connectivity index (χ4n) is 18.5. The van der Waals surface area contributed by atoms with Crippen LogP contribution in [0.1, 0.15) is 283 Å². The van der Waals surface area contributed by atoms with Gasteiger partial charge in [0.15, 0.2) is 0 Å². The van der Waals surface area contributed by atoms with Crippen LogP contribution in [0.25, 0.3) is 0 Å². The van der Waals surface area contributed by atoms with Crippen LogP contribution in [0.15, 0.2) is 0 Å². The quantitative estimate of drug-likeness (QED) is 0.181. The second-order valence-electron chi connectivity index (χ2n) is 43.3. The van der Waals surface area contributed by atoms with Gasteiger partial charge in [0.2, 0.25) is 11.8 Å². The number of rotatable bonds is 11. The van der Waals surface area contributed by atoms with E-state index < -0.39 is 24.2 Å². The number of carbonyl (C=O) groups is 3. The maximum atomic E-state index is 13.8. The fourth-order valence-corrected chi connectivity index (χ4v) is 18.5. The van der Waals surface area contributed by atoms with Crippen molar-refractivity contribution >= 4 is 17.8 Å². The molecule has 0 aliphatic carbocycles. The van der Waals surface area contributed by atoms with Crippen molar-refractivity contribution in [2.45, 2.75) is 313 Å². The molecule has 9 aliphatic heterocycles. The van der Waals surface area contributed by atoms with Crippen LogP contribution in [-0.4, -0.2) is 290 Å². The summed E-state index contributed by atoms with van der Waals surface area (Å²) in [6.07, 6.45) is 15.2. The zero-order valence-electron chi connectivity index (χ0n) is 82.0. The van der Waals surface area contributed by atoms with E-state index in [1.807, 2.05) is 106 Å². The van der Waals surface area contributed by atoms with Gasteiger partial charge >= 0.3 is 6.03 Å². The lowest BCUT2D eigenvalue weighted by atomic mass is 9.73. The van der Waals surface area contributed by atoms with Gasteiger partial charge < -0.3 is 43.8 Å². The normalized spacial score (nSPS) is 26.1. The fraction of sp³-hybridized carbons (Fsp3) is 0.948. The number of methoxy groups -OCH3 is 2. The molecule has 4 amide bonds. The third-order valence-electron chi connectivity index (χ3n) is 27.0. The van der Waals surface area contributed by atoms with Crippen molar-refractivity contribution in [2.24, 2.45) is 85.2 Å². The van der Waals surface area contributed by atoms with Crippen molar-refractivity contribution in [2.75, 3.05) is 193 Å². The summed E-state index contributed by atoms with van der Waals surface area (Å²) in [6.45, 7) is 75.9. The van der Waals surface area contributed by atoms with Crippen molar-refractivity contribution in [3.8, 4) is 12.1 Å². The minimum absolute atomic E-state index is 0.0641.